The molecule has 1 heterocycles. The zero-order chi connectivity index (χ0) is 15.4. The van der Waals surface area contributed by atoms with E-state index in [-0.39, 0.29) is 5.91 Å². The number of amides is 1. The Morgan fingerprint density at radius 2 is 1.95 bits per heavy atom. The summed E-state index contributed by atoms with van der Waals surface area (Å²) >= 11 is 0. The number of carbonyl (C=O) groups excluding carboxylic acids is 1. The zero-order valence-corrected chi connectivity index (χ0v) is 13.5. The highest BCUT2D eigenvalue weighted by atomic mass is 16.5. The highest BCUT2D eigenvalue weighted by Gasteiger charge is 2.28. The average molecular weight is 290 g/mol. The number of rotatable bonds is 7. The van der Waals surface area contributed by atoms with E-state index in [0.29, 0.717) is 12.5 Å². The second-order valence-corrected chi connectivity index (χ2v) is 5.65. The van der Waals surface area contributed by atoms with Crippen molar-refractivity contribution in [1.82, 2.24) is 4.90 Å². The van der Waals surface area contributed by atoms with Gasteiger partial charge in [0.2, 0.25) is 5.91 Å². The van der Waals surface area contributed by atoms with Crippen LogP contribution < -0.4 is 10.1 Å². The second kappa shape index (κ2) is 6.94. The molecule has 1 aliphatic rings. The van der Waals surface area contributed by atoms with Crippen LogP contribution in [0.3, 0.4) is 0 Å². The van der Waals surface area contributed by atoms with E-state index in [1.54, 1.807) is 7.11 Å². The van der Waals surface area contributed by atoms with Crippen LogP contribution in [0.1, 0.15) is 50.8 Å². The number of ether oxygens (including phenoxy) is 1. The van der Waals surface area contributed by atoms with Crippen molar-refractivity contribution < 1.29 is 9.53 Å². The smallest absolute Gasteiger partial charge is 0.228 e. The fraction of sp³-hybridized carbons (Fsp3) is 0.588. The molecule has 1 aromatic rings. The molecule has 4 heteroatoms. The molecule has 1 unspecified atom stereocenters. The third kappa shape index (κ3) is 3.21. The number of nitrogens with one attached hydrogen (secondary N) is 1. The van der Waals surface area contributed by atoms with Crippen molar-refractivity contribution in [3.63, 3.8) is 0 Å². The molecule has 0 saturated carbocycles. The fourth-order valence-corrected chi connectivity index (χ4v) is 3.15. The van der Waals surface area contributed by atoms with E-state index in [1.165, 1.54) is 5.56 Å². The maximum Gasteiger partial charge on any atom is 0.228 e. The van der Waals surface area contributed by atoms with Gasteiger partial charge in [-0.25, -0.2) is 0 Å². The number of carbonyl (C=O) groups is 1. The molecule has 116 valence electrons. The van der Waals surface area contributed by atoms with Crippen LogP contribution in [0.4, 0.5) is 5.69 Å². The summed E-state index contributed by atoms with van der Waals surface area (Å²) in [5, 5.41) is 2.93. The van der Waals surface area contributed by atoms with Crippen LogP contribution in [0.2, 0.25) is 0 Å². The molecular formula is C17H26N2O2. The number of methoxy groups -OCH3 is 1. The van der Waals surface area contributed by atoms with Crippen molar-refractivity contribution in [2.45, 2.75) is 46.1 Å². The normalized spacial score (nSPS) is 15.0. The quantitative estimate of drug-likeness (QED) is 0.837. The monoisotopic (exact) mass is 290 g/mol. The molecule has 0 bridgehead atoms. The Morgan fingerprint density at radius 1 is 1.29 bits per heavy atom. The summed E-state index contributed by atoms with van der Waals surface area (Å²) in [4.78, 5) is 14.3. The van der Waals surface area contributed by atoms with Gasteiger partial charge in [-0.2, -0.15) is 0 Å². The van der Waals surface area contributed by atoms with Gasteiger partial charge in [-0.05, 0) is 50.0 Å². The molecule has 1 amide bonds. The zero-order valence-electron chi connectivity index (χ0n) is 13.5. The van der Waals surface area contributed by atoms with Crippen LogP contribution in [0.15, 0.2) is 12.1 Å². The molecule has 1 aromatic carbocycles. The largest absolute Gasteiger partial charge is 0.495 e. The van der Waals surface area contributed by atoms with Crippen LogP contribution in [0, 0.1) is 0 Å². The summed E-state index contributed by atoms with van der Waals surface area (Å²) in [5.41, 5.74) is 3.20. The Morgan fingerprint density at radius 3 is 2.52 bits per heavy atom. The number of anilines is 1. The number of benzene rings is 1. The molecule has 1 aliphatic heterocycles. The highest BCUT2D eigenvalue weighted by Crippen LogP contribution is 2.39. The van der Waals surface area contributed by atoms with E-state index in [2.05, 4.69) is 37.1 Å². The Labute approximate surface area is 127 Å². The molecular weight excluding hydrogens is 264 g/mol. The fourth-order valence-electron chi connectivity index (χ4n) is 3.15. The van der Waals surface area contributed by atoms with Crippen molar-refractivity contribution in [2.75, 3.05) is 25.5 Å². The average Bonchev–Trinajstić information content (AvgIpc) is 2.86. The van der Waals surface area contributed by atoms with Gasteiger partial charge in [-0.1, -0.05) is 19.9 Å². The van der Waals surface area contributed by atoms with Crippen molar-refractivity contribution in [3.05, 3.63) is 23.3 Å². The van der Waals surface area contributed by atoms with E-state index in [0.717, 1.165) is 42.9 Å². The van der Waals surface area contributed by atoms with E-state index in [4.69, 9.17) is 4.74 Å². The molecule has 4 nitrogen and oxygen atoms in total. The van der Waals surface area contributed by atoms with Crippen molar-refractivity contribution in [2.24, 2.45) is 0 Å². The minimum absolute atomic E-state index is 0.0560. The predicted octanol–water partition coefficient (Wildman–Crippen LogP) is 3.37. The summed E-state index contributed by atoms with van der Waals surface area (Å²) in [7, 11) is 1.64. The maximum atomic E-state index is 11.8. The van der Waals surface area contributed by atoms with Crippen LogP contribution in [-0.2, 0) is 11.2 Å². The van der Waals surface area contributed by atoms with Crippen molar-refractivity contribution in [3.8, 4) is 5.75 Å². The number of hydrogen-bond donors (Lipinski definition) is 1. The lowest BCUT2D eigenvalue weighted by atomic mass is 9.97. The van der Waals surface area contributed by atoms with Gasteiger partial charge in [0, 0.05) is 6.04 Å². The Bertz CT molecular complexity index is 508. The van der Waals surface area contributed by atoms with Crippen LogP contribution in [-0.4, -0.2) is 31.0 Å². The highest BCUT2D eigenvalue weighted by molar-refractivity contribution is 6.01. The molecule has 0 radical (unpaired) electrons. The molecule has 0 aliphatic carbocycles. The van der Waals surface area contributed by atoms with Crippen molar-refractivity contribution >= 4 is 11.6 Å². The van der Waals surface area contributed by atoms with E-state index >= 15 is 0 Å². The second-order valence-electron chi connectivity index (χ2n) is 5.65. The molecule has 0 fully saturated rings. The summed E-state index contributed by atoms with van der Waals surface area (Å²) in [6.07, 6.45) is 2.73. The van der Waals surface area contributed by atoms with Gasteiger partial charge in [-0.3, -0.25) is 9.69 Å². The van der Waals surface area contributed by atoms with Gasteiger partial charge < -0.3 is 10.1 Å². The number of fused-ring (bicyclic) bond motifs is 1. The first-order chi connectivity index (χ1) is 10.1. The minimum Gasteiger partial charge on any atom is -0.495 e. The lowest BCUT2D eigenvalue weighted by Gasteiger charge is -2.30. The number of nitrogens with zero attached hydrogens (tertiary/aromatic N) is 1. The minimum atomic E-state index is 0.0560. The first-order valence-electron chi connectivity index (χ1n) is 7.86. The third-order valence-electron chi connectivity index (χ3n) is 4.15. The van der Waals surface area contributed by atoms with Crippen molar-refractivity contribution in [1.29, 1.82) is 0 Å². The number of hydrogen-bond acceptors (Lipinski definition) is 3. The predicted molar refractivity (Wildman–Crippen MR) is 85.9 cm³/mol. The SMILES string of the molecule is CCCN(CCC)C(C)c1ccc(OC)c2c1CC(=O)N2. The Balaban J connectivity index is 2.35. The summed E-state index contributed by atoms with van der Waals surface area (Å²) in [5.74, 6) is 0.810. The van der Waals surface area contributed by atoms with E-state index in [1.807, 2.05) is 6.07 Å². The molecule has 0 aromatic heterocycles. The van der Waals surface area contributed by atoms with Gasteiger partial charge >= 0.3 is 0 Å². The third-order valence-corrected chi connectivity index (χ3v) is 4.15. The topological polar surface area (TPSA) is 41.6 Å². The van der Waals surface area contributed by atoms with E-state index in [9.17, 15) is 4.79 Å². The van der Waals surface area contributed by atoms with Gasteiger partial charge in [-0.15, -0.1) is 0 Å². The maximum absolute atomic E-state index is 11.8. The van der Waals surface area contributed by atoms with Crippen LogP contribution in [0.25, 0.3) is 0 Å². The van der Waals surface area contributed by atoms with Gasteiger partial charge in [0.25, 0.3) is 0 Å². The van der Waals surface area contributed by atoms with Gasteiger partial charge in [0.15, 0.2) is 0 Å². The van der Waals surface area contributed by atoms with Crippen LogP contribution in [0.5, 0.6) is 5.75 Å². The summed E-state index contributed by atoms with van der Waals surface area (Å²) in [6.45, 7) is 8.81. The van der Waals surface area contributed by atoms with E-state index < -0.39 is 0 Å². The summed E-state index contributed by atoms with van der Waals surface area (Å²) in [6, 6.07) is 4.39. The molecule has 0 saturated heterocycles. The molecule has 2 rings (SSSR count). The molecule has 21 heavy (non-hydrogen) atoms. The van der Waals surface area contributed by atoms with Crippen LogP contribution >= 0.6 is 0 Å². The summed E-state index contributed by atoms with van der Waals surface area (Å²) < 4.78 is 5.37. The molecule has 0 spiro atoms. The van der Waals surface area contributed by atoms with Gasteiger partial charge in [0.1, 0.15) is 5.75 Å². The Kier molecular flexibility index (Phi) is 5.23. The lowest BCUT2D eigenvalue weighted by Crippen LogP contribution is -2.29. The lowest BCUT2D eigenvalue weighted by molar-refractivity contribution is -0.115. The molecule has 1 atom stereocenters. The molecule has 1 N–H and O–H groups in total. The Hall–Kier alpha value is -1.55. The van der Waals surface area contributed by atoms with Gasteiger partial charge in [0.05, 0.1) is 19.2 Å². The first-order valence-corrected chi connectivity index (χ1v) is 7.86. The first kappa shape index (κ1) is 15.8. The standard InChI is InChI=1S/C17H26N2O2/c1-5-9-19(10-6-2)12(3)13-7-8-15(21-4)17-14(13)11-16(20)18-17/h7-8,12H,5-6,9-11H2,1-4H3,(H,18,20).